The molecule has 4 nitrogen and oxygen atoms in total. The van der Waals surface area contributed by atoms with Gasteiger partial charge < -0.3 is 19.4 Å². The number of hydrogen-bond donors (Lipinski definition) is 2. The SMILES string of the molecule is BrCBr.Fc1c2n(c3ccc(Br)cc13)COc1cc(Br)ccc1-2.Oc1cc(Br)ccc1-c1[nH]c2ccc(Br)cc2c1F. The summed E-state index contributed by atoms with van der Waals surface area (Å²) in [5.41, 5.74) is 3.63. The summed E-state index contributed by atoms with van der Waals surface area (Å²) in [5.74, 6) is 0.161. The van der Waals surface area contributed by atoms with Gasteiger partial charge in [-0.1, -0.05) is 95.6 Å². The van der Waals surface area contributed by atoms with Crippen LogP contribution in [0.25, 0.3) is 44.3 Å². The molecule has 0 saturated heterocycles. The Balaban J connectivity index is 0.000000154. The van der Waals surface area contributed by atoms with Gasteiger partial charge in [-0.3, -0.25) is 0 Å². The van der Waals surface area contributed by atoms with Gasteiger partial charge in [0, 0.05) is 45.3 Å². The molecule has 2 N–H and O–H groups in total. The summed E-state index contributed by atoms with van der Waals surface area (Å²) < 4.78 is 41.0. The number of phenolic OH excluding ortho intramolecular Hbond substituents is 1. The highest BCUT2D eigenvalue weighted by Gasteiger charge is 2.25. The third-order valence-corrected chi connectivity index (χ3v) is 8.41. The number of fused-ring (bicyclic) bond motifs is 6. The van der Waals surface area contributed by atoms with Crippen LogP contribution < -0.4 is 4.74 Å². The summed E-state index contributed by atoms with van der Waals surface area (Å²) in [7, 11) is 0. The molecular weight excluding hydrogens is 938 g/mol. The predicted octanol–water partition coefficient (Wildman–Crippen LogP) is 12.3. The normalized spacial score (nSPS) is 11.6. The van der Waals surface area contributed by atoms with Gasteiger partial charge in [0.25, 0.3) is 0 Å². The number of nitrogens with zero attached hydrogens (tertiary/aromatic N) is 1. The average Bonchev–Trinajstić information content (AvgIpc) is 3.42. The van der Waals surface area contributed by atoms with Gasteiger partial charge >= 0.3 is 0 Å². The number of rotatable bonds is 1. The van der Waals surface area contributed by atoms with Gasteiger partial charge in [-0.05, 0) is 72.8 Å². The number of aromatic nitrogens is 2. The molecule has 3 heterocycles. The maximum Gasteiger partial charge on any atom is 0.165 e. The molecule has 1 aliphatic rings. The smallest absolute Gasteiger partial charge is 0.165 e. The Morgan fingerprint density at radius 3 is 2.00 bits per heavy atom. The Labute approximate surface area is 290 Å². The lowest BCUT2D eigenvalue weighted by Gasteiger charge is -2.21. The number of H-pyrrole nitrogens is 1. The zero-order valence-corrected chi connectivity index (χ0v) is 30.7. The van der Waals surface area contributed by atoms with Gasteiger partial charge in [0.2, 0.25) is 0 Å². The van der Waals surface area contributed by atoms with Gasteiger partial charge in [0.15, 0.2) is 18.4 Å². The maximum absolute atomic E-state index is 14.8. The van der Waals surface area contributed by atoms with Crippen molar-refractivity contribution in [1.29, 1.82) is 0 Å². The number of phenols is 1. The lowest BCUT2D eigenvalue weighted by Crippen LogP contribution is -2.12. The molecule has 12 heteroatoms. The highest BCUT2D eigenvalue weighted by molar-refractivity contribution is 9.24. The maximum atomic E-state index is 14.8. The molecule has 0 fully saturated rings. The van der Waals surface area contributed by atoms with Crippen LogP contribution in [-0.2, 0) is 6.73 Å². The number of nitrogens with one attached hydrogen (secondary N) is 1. The molecule has 0 spiro atoms. The summed E-state index contributed by atoms with van der Waals surface area (Å²) in [6, 6.07) is 21.6. The minimum atomic E-state index is -0.367. The Bertz CT molecular complexity index is 1940. The summed E-state index contributed by atoms with van der Waals surface area (Å²) in [6.07, 6.45) is 0. The van der Waals surface area contributed by atoms with Crippen molar-refractivity contribution >= 4 is 117 Å². The fourth-order valence-corrected chi connectivity index (χ4v) is 6.07. The molecule has 6 aromatic rings. The van der Waals surface area contributed by atoms with Crippen molar-refractivity contribution in [3.8, 4) is 34.0 Å². The van der Waals surface area contributed by atoms with E-state index in [4.69, 9.17) is 4.74 Å². The van der Waals surface area contributed by atoms with E-state index in [0.29, 0.717) is 40.0 Å². The van der Waals surface area contributed by atoms with E-state index in [9.17, 15) is 13.9 Å². The minimum Gasteiger partial charge on any atom is -0.507 e. The molecule has 0 aliphatic carbocycles. The summed E-state index contributed by atoms with van der Waals surface area (Å²) >= 11 is 19.5. The topological polar surface area (TPSA) is 50.2 Å². The molecule has 0 saturated carbocycles. The van der Waals surface area contributed by atoms with Crippen molar-refractivity contribution in [1.82, 2.24) is 9.55 Å². The average molecular weight is 956 g/mol. The van der Waals surface area contributed by atoms with Crippen molar-refractivity contribution in [3.05, 3.63) is 102 Å². The van der Waals surface area contributed by atoms with E-state index in [-0.39, 0.29) is 23.1 Å². The molecule has 7 rings (SSSR count). The summed E-state index contributed by atoms with van der Waals surface area (Å²) in [6.45, 7) is 0.320. The van der Waals surface area contributed by atoms with Crippen LogP contribution in [0.5, 0.6) is 11.5 Å². The van der Waals surface area contributed by atoms with Gasteiger partial charge in [-0.25, -0.2) is 8.78 Å². The second-order valence-electron chi connectivity index (χ2n) is 8.93. The number of alkyl halides is 2. The largest absolute Gasteiger partial charge is 0.507 e. The predicted molar refractivity (Wildman–Crippen MR) is 187 cm³/mol. The molecule has 0 atom stereocenters. The Kier molecular flexibility index (Phi) is 10.2. The summed E-state index contributed by atoms with van der Waals surface area (Å²) in [4.78, 5) is 3.00. The van der Waals surface area contributed by atoms with Crippen molar-refractivity contribution in [2.75, 3.05) is 4.24 Å². The number of hydrogen-bond acceptors (Lipinski definition) is 2. The molecule has 0 bridgehead atoms. The monoisotopic (exact) mass is 950 g/mol. The lowest BCUT2D eigenvalue weighted by molar-refractivity contribution is 0.234. The molecular formula is C30H18Br6F2N2O2. The lowest BCUT2D eigenvalue weighted by atomic mass is 10.1. The zero-order valence-electron chi connectivity index (χ0n) is 21.2. The quantitative estimate of drug-likeness (QED) is 0.161. The first-order valence-corrected chi connectivity index (χ1v) is 17.5. The zero-order chi connectivity index (χ0) is 30.1. The van der Waals surface area contributed by atoms with Crippen LogP contribution in [0.3, 0.4) is 0 Å². The van der Waals surface area contributed by atoms with Gasteiger partial charge in [-0.15, -0.1) is 0 Å². The molecule has 42 heavy (non-hydrogen) atoms. The van der Waals surface area contributed by atoms with Crippen LogP contribution >= 0.6 is 95.6 Å². The number of halogens is 8. The standard InChI is InChI=1S/C15H8Br2FNO.C14H8Br2FNO.CH2Br2/c16-8-2-4-12-11(5-8)14(18)15-10-3-1-9(17)6-13(10)20-7-19(12)15;15-7-2-4-11-10(5-7)13(17)14(18-11)9-3-1-8(16)6-12(9)19;2-1-3/h1-6H,7H2;1-6,18-19H;1H2. The van der Waals surface area contributed by atoms with E-state index < -0.39 is 0 Å². The van der Waals surface area contributed by atoms with E-state index in [0.717, 1.165) is 33.2 Å². The second-order valence-corrected chi connectivity index (χ2v) is 15.2. The fourth-order valence-electron chi connectivity index (χ4n) is 4.66. The number of benzene rings is 4. The van der Waals surface area contributed by atoms with Gasteiger partial charge in [0.1, 0.15) is 11.5 Å². The van der Waals surface area contributed by atoms with Crippen molar-refractivity contribution in [2.24, 2.45) is 0 Å². The molecule has 216 valence electrons. The Hall–Kier alpha value is -1.70. The summed E-state index contributed by atoms with van der Waals surface area (Å²) in [5, 5.41) is 11.0. The molecule has 0 amide bonds. The Morgan fingerprint density at radius 1 is 0.738 bits per heavy atom. The fraction of sp³-hybridized carbons (Fsp3) is 0.0667. The van der Waals surface area contributed by atoms with E-state index in [1.54, 1.807) is 30.3 Å². The van der Waals surface area contributed by atoms with Gasteiger partial charge in [-0.2, -0.15) is 0 Å². The van der Waals surface area contributed by atoms with Crippen molar-refractivity contribution < 1.29 is 18.6 Å². The second kappa shape index (κ2) is 13.5. The first-order chi connectivity index (χ1) is 20.1. The molecule has 4 aromatic carbocycles. The third kappa shape index (κ3) is 6.39. The van der Waals surface area contributed by atoms with Gasteiger partial charge in [0.05, 0.1) is 21.1 Å². The molecule has 2 aromatic heterocycles. The third-order valence-electron chi connectivity index (χ3n) is 6.44. The van der Waals surface area contributed by atoms with Crippen LogP contribution in [0.2, 0.25) is 0 Å². The van der Waals surface area contributed by atoms with Crippen LogP contribution in [0.4, 0.5) is 8.78 Å². The molecule has 1 aliphatic heterocycles. The first-order valence-electron chi connectivity index (χ1n) is 12.1. The highest BCUT2D eigenvalue weighted by Crippen LogP contribution is 2.42. The molecule has 0 unspecified atom stereocenters. The number of aromatic amines is 1. The minimum absolute atomic E-state index is 0.0268. The first kappa shape index (κ1) is 31.7. The van der Waals surface area contributed by atoms with E-state index in [1.807, 2.05) is 41.0 Å². The van der Waals surface area contributed by atoms with E-state index in [2.05, 4.69) is 101 Å². The highest BCUT2D eigenvalue weighted by atomic mass is 79.9. The van der Waals surface area contributed by atoms with Crippen LogP contribution in [-0.4, -0.2) is 18.9 Å². The van der Waals surface area contributed by atoms with Crippen molar-refractivity contribution in [2.45, 2.75) is 6.73 Å². The van der Waals surface area contributed by atoms with E-state index >= 15 is 0 Å². The number of ether oxygens (including phenoxy) is 1. The van der Waals surface area contributed by atoms with Crippen LogP contribution in [0.15, 0.2) is 90.7 Å². The van der Waals surface area contributed by atoms with E-state index in [1.165, 1.54) is 6.07 Å². The van der Waals surface area contributed by atoms with Crippen molar-refractivity contribution in [3.63, 3.8) is 0 Å². The molecule has 0 radical (unpaired) electrons. The van der Waals surface area contributed by atoms with Crippen LogP contribution in [0.1, 0.15) is 0 Å². The number of aromatic hydroxyl groups is 1. The Morgan fingerprint density at radius 2 is 1.31 bits per heavy atom. The van der Waals surface area contributed by atoms with Crippen LogP contribution in [0, 0.1) is 11.6 Å².